The Kier molecular flexibility index (Phi) is 5.70. The fourth-order valence-electron chi connectivity index (χ4n) is 4.44. The van der Waals surface area contributed by atoms with Crippen LogP contribution < -0.4 is 19.3 Å². The van der Waals surface area contributed by atoms with E-state index in [0.29, 0.717) is 22.7 Å². The zero-order chi connectivity index (χ0) is 24.7. The monoisotopic (exact) mass is 488 g/mol. The number of rotatable bonds is 5. The summed E-state index contributed by atoms with van der Waals surface area (Å²) in [6, 6.07) is 20.8. The summed E-state index contributed by atoms with van der Waals surface area (Å²) in [6.45, 7) is 0. The first-order valence-corrected chi connectivity index (χ1v) is 11.2. The van der Waals surface area contributed by atoms with Crippen molar-refractivity contribution >= 4 is 46.5 Å². The van der Waals surface area contributed by atoms with Crippen LogP contribution in [0.15, 0.2) is 72.8 Å². The third-order valence-electron chi connectivity index (χ3n) is 6.01. The number of thiocarbonyl (C=S) groups is 1. The van der Waals surface area contributed by atoms with Gasteiger partial charge in [-0.15, -0.1) is 0 Å². The summed E-state index contributed by atoms with van der Waals surface area (Å²) in [5, 5.41) is 0.0190. The minimum Gasteiger partial charge on any atom is -0.493 e. The molecule has 2 aliphatic heterocycles. The molecule has 1 atom stereocenters. The van der Waals surface area contributed by atoms with Crippen LogP contribution in [0, 0.1) is 5.92 Å². The third kappa shape index (κ3) is 3.52. The molecular weight excluding hydrogens is 468 g/mol. The standard InChI is InChI=1S/C26H20N2O6S/c1-32-18-14-13-17-19(22(18)33-2)25(31)34-21(17)20-23(29)27(15-9-5-3-6-10-15)26(35)28(24(20)30)16-11-7-4-8-12-16/h3-14,20-21H,1-2H3. The van der Waals surface area contributed by atoms with Crippen LogP contribution >= 0.6 is 12.2 Å². The highest BCUT2D eigenvalue weighted by molar-refractivity contribution is 7.81. The predicted molar refractivity (Wildman–Crippen MR) is 132 cm³/mol. The van der Waals surface area contributed by atoms with E-state index in [-0.39, 0.29) is 16.4 Å². The lowest BCUT2D eigenvalue weighted by atomic mass is 9.89. The topological polar surface area (TPSA) is 85.4 Å². The molecule has 3 aromatic rings. The van der Waals surface area contributed by atoms with Crippen LogP contribution in [0.5, 0.6) is 11.5 Å². The van der Waals surface area contributed by atoms with E-state index in [1.54, 1.807) is 60.7 Å². The maximum atomic E-state index is 13.8. The first kappa shape index (κ1) is 22.5. The normalized spacial score (nSPS) is 17.9. The molecule has 9 heteroatoms. The molecule has 0 saturated carbocycles. The Balaban J connectivity index is 1.66. The zero-order valence-corrected chi connectivity index (χ0v) is 19.7. The second kappa shape index (κ2) is 8.84. The Morgan fingerprint density at radius 2 is 1.31 bits per heavy atom. The van der Waals surface area contributed by atoms with Crippen molar-refractivity contribution in [3.63, 3.8) is 0 Å². The number of hydrogen-bond donors (Lipinski definition) is 0. The fourth-order valence-corrected chi connectivity index (χ4v) is 4.83. The van der Waals surface area contributed by atoms with Crippen molar-refractivity contribution < 1.29 is 28.6 Å². The molecule has 2 aliphatic rings. The van der Waals surface area contributed by atoms with Crippen molar-refractivity contribution in [3.05, 3.63) is 83.9 Å². The lowest BCUT2D eigenvalue weighted by molar-refractivity contribution is -0.136. The molecule has 0 bridgehead atoms. The maximum absolute atomic E-state index is 13.8. The number of anilines is 2. The van der Waals surface area contributed by atoms with Gasteiger partial charge in [-0.25, -0.2) is 4.79 Å². The molecule has 0 spiro atoms. The van der Waals surface area contributed by atoms with Gasteiger partial charge in [0.1, 0.15) is 11.7 Å². The molecule has 5 rings (SSSR count). The average molecular weight is 489 g/mol. The van der Waals surface area contributed by atoms with Gasteiger partial charge in [-0.1, -0.05) is 42.5 Å². The average Bonchev–Trinajstić information content (AvgIpc) is 3.20. The number of cyclic esters (lactones) is 1. The van der Waals surface area contributed by atoms with E-state index in [2.05, 4.69) is 0 Å². The van der Waals surface area contributed by atoms with E-state index in [4.69, 9.17) is 26.4 Å². The highest BCUT2D eigenvalue weighted by Crippen LogP contribution is 2.46. The van der Waals surface area contributed by atoms with Crippen molar-refractivity contribution in [2.45, 2.75) is 6.10 Å². The molecule has 8 nitrogen and oxygen atoms in total. The number of amides is 2. The molecule has 0 radical (unpaired) electrons. The Morgan fingerprint density at radius 1 is 0.771 bits per heavy atom. The highest BCUT2D eigenvalue weighted by Gasteiger charge is 2.53. The van der Waals surface area contributed by atoms with E-state index in [9.17, 15) is 14.4 Å². The SMILES string of the molecule is COc1ccc2c(c1OC)C(=O)OC2C1C(=O)N(c2ccccc2)C(=S)N(c2ccccc2)C1=O. The van der Waals surface area contributed by atoms with Crippen LogP contribution in [0.3, 0.4) is 0 Å². The fraction of sp³-hybridized carbons (Fsp3) is 0.154. The molecule has 1 fully saturated rings. The second-order valence-electron chi connectivity index (χ2n) is 7.87. The number of para-hydroxylation sites is 2. The Morgan fingerprint density at radius 3 is 1.80 bits per heavy atom. The molecule has 3 aromatic carbocycles. The van der Waals surface area contributed by atoms with Crippen molar-refractivity contribution in [1.29, 1.82) is 0 Å². The smallest absolute Gasteiger partial charge is 0.343 e. The van der Waals surface area contributed by atoms with Crippen LogP contribution in [0.25, 0.3) is 0 Å². The summed E-state index contributed by atoms with van der Waals surface area (Å²) in [7, 11) is 2.86. The minimum absolute atomic E-state index is 0.0190. The van der Waals surface area contributed by atoms with Crippen molar-refractivity contribution in [2.24, 2.45) is 5.92 Å². The quantitative estimate of drug-likeness (QED) is 0.306. The molecule has 35 heavy (non-hydrogen) atoms. The number of nitrogens with zero attached hydrogens (tertiary/aromatic N) is 2. The zero-order valence-electron chi connectivity index (χ0n) is 18.8. The number of methoxy groups -OCH3 is 2. The van der Waals surface area contributed by atoms with Gasteiger partial charge in [-0.2, -0.15) is 0 Å². The number of esters is 1. The number of benzene rings is 3. The van der Waals surface area contributed by atoms with E-state index in [0.717, 1.165) is 0 Å². The first-order chi connectivity index (χ1) is 17.0. The Labute approximate surface area is 206 Å². The van der Waals surface area contributed by atoms with E-state index in [1.165, 1.54) is 24.0 Å². The van der Waals surface area contributed by atoms with Gasteiger partial charge >= 0.3 is 5.97 Å². The number of fused-ring (bicyclic) bond motifs is 1. The second-order valence-corrected chi connectivity index (χ2v) is 8.23. The summed E-state index contributed by atoms with van der Waals surface area (Å²) in [5.74, 6) is -2.72. The van der Waals surface area contributed by atoms with Crippen LogP contribution in [-0.2, 0) is 14.3 Å². The van der Waals surface area contributed by atoms with E-state index in [1.807, 2.05) is 12.1 Å². The molecule has 0 N–H and O–H groups in total. The molecule has 0 aromatic heterocycles. The number of carbonyl (C=O) groups is 3. The van der Waals surface area contributed by atoms with Crippen LogP contribution in [0.2, 0.25) is 0 Å². The summed E-state index contributed by atoms with van der Waals surface area (Å²) in [5.41, 5.74) is 1.49. The minimum atomic E-state index is -1.37. The van der Waals surface area contributed by atoms with E-state index < -0.39 is 29.8 Å². The summed E-state index contributed by atoms with van der Waals surface area (Å²) in [6.07, 6.45) is -1.17. The summed E-state index contributed by atoms with van der Waals surface area (Å²) < 4.78 is 16.3. The summed E-state index contributed by atoms with van der Waals surface area (Å²) in [4.78, 5) is 43.2. The lowest BCUT2D eigenvalue weighted by Crippen LogP contribution is -2.61. The van der Waals surface area contributed by atoms with E-state index >= 15 is 0 Å². The first-order valence-electron chi connectivity index (χ1n) is 10.8. The van der Waals surface area contributed by atoms with Crippen LogP contribution in [-0.4, -0.2) is 37.1 Å². The van der Waals surface area contributed by atoms with Gasteiger partial charge in [-0.05, 0) is 42.5 Å². The molecule has 2 amide bonds. The van der Waals surface area contributed by atoms with Crippen LogP contribution in [0.4, 0.5) is 11.4 Å². The summed E-state index contributed by atoms with van der Waals surface area (Å²) >= 11 is 5.63. The highest BCUT2D eigenvalue weighted by atomic mass is 32.1. The third-order valence-corrected chi connectivity index (χ3v) is 6.37. The lowest BCUT2D eigenvalue weighted by Gasteiger charge is -2.40. The molecule has 2 heterocycles. The Bertz CT molecular complexity index is 1280. The predicted octanol–water partition coefficient (Wildman–Crippen LogP) is 3.90. The van der Waals surface area contributed by atoms with Gasteiger partial charge in [0.15, 0.2) is 22.5 Å². The number of carbonyl (C=O) groups excluding carboxylic acids is 3. The van der Waals surface area contributed by atoms with Crippen molar-refractivity contribution in [1.82, 2.24) is 0 Å². The number of hydrogen-bond acceptors (Lipinski definition) is 7. The van der Waals surface area contributed by atoms with Crippen molar-refractivity contribution in [2.75, 3.05) is 24.0 Å². The van der Waals surface area contributed by atoms with Gasteiger partial charge in [0.25, 0.3) is 0 Å². The maximum Gasteiger partial charge on any atom is 0.343 e. The molecule has 0 aliphatic carbocycles. The van der Waals surface area contributed by atoms with Gasteiger partial charge in [0.2, 0.25) is 11.8 Å². The molecule has 1 saturated heterocycles. The van der Waals surface area contributed by atoms with Gasteiger partial charge in [-0.3, -0.25) is 19.4 Å². The van der Waals surface area contributed by atoms with Gasteiger partial charge in [0, 0.05) is 5.56 Å². The van der Waals surface area contributed by atoms with Crippen LogP contribution in [0.1, 0.15) is 22.0 Å². The van der Waals surface area contributed by atoms with Gasteiger partial charge < -0.3 is 14.2 Å². The van der Waals surface area contributed by atoms with Crippen molar-refractivity contribution in [3.8, 4) is 11.5 Å². The Hall–Kier alpha value is -4.24. The molecular formula is C26H20N2O6S. The molecule has 176 valence electrons. The largest absolute Gasteiger partial charge is 0.493 e. The molecule has 1 unspecified atom stereocenters. The van der Waals surface area contributed by atoms with Gasteiger partial charge in [0.05, 0.1) is 25.6 Å². The number of ether oxygens (including phenoxy) is 3.